The molecule has 0 bridgehead atoms. The summed E-state index contributed by atoms with van der Waals surface area (Å²) in [5.41, 5.74) is 0.363. The van der Waals surface area contributed by atoms with Crippen molar-refractivity contribution in [3.8, 4) is 17.2 Å². The second-order valence-electron chi connectivity index (χ2n) is 9.54. The Balaban J connectivity index is 2.08. The minimum atomic E-state index is -4.37. The summed E-state index contributed by atoms with van der Waals surface area (Å²) in [6.45, 7) is 5.10. The van der Waals surface area contributed by atoms with Gasteiger partial charge in [-0.2, -0.15) is 0 Å². The number of halogens is 1. The maximum Gasteiger partial charge on any atom is 0.264 e. The Morgan fingerprint density at radius 1 is 0.953 bits per heavy atom. The summed E-state index contributed by atoms with van der Waals surface area (Å²) in [6, 6.07) is 15.2. The van der Waals surface area contributed by atoms with Crippen LogP contribution in [0.15, 0.2) is 71.6 Å². The molecule has 3 rings (SSSR count). The van der Waals surface area contributed by atoms with E-state index in [0.29, 0.717) is 31.1 Å². The molecule has 1 unspecified atom stereocenters. The van der Waals surface area contributed by atoms with Crippen LogP contribution >= 0.6 is 0 Å². The van der Waals surface area contributed by atoms with Gasteiger partial charge in [0.25, 0.3) is 10.0 Å². The van der Waals surface area contributed by atoms with E-state index in [0.717, 1.165) is 4.31 Å². The monoisotopic (exact) mass is 615 g/mol. The van der Waals surface area contributed by atoms with Gasteiger partial charge in [0.1, 0.15) is 24.2 Å². The highest BCUT2D eigenvalue weighted by atomic mass is 32.2. The van der Waals surface area contributed by atoms with Crippen molar-refractivity contribution in [2.24, 2.45) is 0 Å². The lowest BCUT2D eigenvalue weighted by molar-refractivity contribution is -0.139. The van der Waals surface area contributed by atoms with Crippen molar-refractivity contribution >= 4 is 27.5 Å². The van der Waals surface area contributed by atoms with Crippen LogP contribution in [0.2, 0.25) is 0 Å². The zero-order chi connectivity index (χ0) is 31.6. The highest BCUT2D eigenvalue weighted by molar-refractivity contribution is 7.92. The van der Waals surface area contributed by atoms with Gasteiger partial charge in [0.2, 0.25) is 11.8 Å². The highest BCUT2D eigenvalue weighted by Crippen LogP contribution is 2.33. The van der Waals surface area contributed by atoms with Crippen LogP contribution in [0.4, 0.5) is 10.1 Å². The molecule has 10 nitrogen and oxygen atoms in total. The van der Waals surface area contributed by atoms with Crippen LogP contribution in [0.3, 0.4) is 0 Å². The summed E-state index contributed by atoms with van der Waals surface area (Å²) in [6.07, 6.45) is 0.675. The topological polar surface area (TPSA) is 114 Å². The molecule has 0 saturated carbocycles. The van der Waals surface area contributed by atoms with E-state index in [-0.39, 0.29) is 28.4 Å². The number of rotatable bonds is 15. The Morgan fingerprint density at radius 3 is 2.23 bits per heavy atom. The maximum atomic E-state index is 14.7. The molecule has 0 aliphatic rings. The van der Waals surface area contributed by atoms with Crippen molar-refractivity contribution in [1.29, 1.82) is 0 Å². The first-order chi connectivity index (χ1) is 20.6. The number of sulfonamides is 1. The molecular formula is C31H38FN3O7S. The number of methoxy groups -OCH3 is 2. The van der Waals surface area contributed by atoms with Gasteiger partial charge >= 0.3 is 0 Å². The van der Waals surface area contributed by atoms with Crippen LogP contribution in [0.1, 0.15) is 32.8 Å². The van der Waals surface area contributed by atoms with E-state index in [9.17, 15) is 22.4 Å². The molecule has 2 amide bonds. The summed E-state index contributed by atoms with van der Waals surface area (Å²) in [5.74, 6) is -0.675. The number of hydrogen-bond acceptors (Lipinski definition) is 7. The van der Waals surface area contributed by atoms with Gasteiger partial charge in [-0.3, -0.25) is 13.9 Å². The zero-order valence-corrected chi connectivity index (χ0v) is 25.8. The normalized spacial score (nSPS) is 11.8. The highest BCUT2D eigenvalue weighted by Gasteiger charge is 2.33. The summed E-state index contributed by atoms with van der Waals surface area (Å²) in [7, 11) is -1.56. The Bertz CT molecular complexity index is 1500. The molecule has 0 heterocycles. The summed E-state index contributed by atoms with van der Waals surface area (Å²) >= 11 is 0. The summed E-state index contributed by atoms with van der Waals surface area (Å²) in [5, 5.41) is 2.75. The lowest BCUT2D eigenvalue weighted by Crippen LogP contribution is -2.51. The van der Waals surface area contributed by atoms with E-state index in [2.05, 4.69) is 5.32 Å². The number of nitrogens with zero attached hydrogens (tertiary/aromatic N) is 2. The molecule has 0 radical (unpaired) electrons. The van der Waals surface area contributed by atoms with Gasteiger partial charge in [0.05, 0.1) is 31.4 Å². The molecule has 0 fully saturated rings. The molecule has 0 saturated heterocycles. The van der Waals surface area contributed by atoms with Gasteiger partial charge < -0.3 is 24.4 Å². The summed E-state index contributed by atoms with van der Waals surface area (Å²) < 4.78 is 59.9. The number of carbonyl (C=O) groups excluding carboxylic acids is 2. The average molecular weight is 616 g/mol. The zero-order valence-electron chi connectivity index (χ0n) is 25.0. The minimum absolute atomic E-state index is 0.152. The van der Waals surface area contributed by atoms with Crippen LogP contribution in [0, 0.1) is 5.82 Å². The molecule has 43 heavy (non-hydrogen) atoms. The molecular weight excluding hydrogens is 577 g/mol. The number of hydrogen-bond donors (Lipinski definition) is 1. The van der Waals surface area contributed by atoms with Crippen molar-refractivity contribution in [2.45, 2.75) is 44.7 Å². The smallest absolute Gasteiger partial charge is 0.264 e. The molecule has 12 heteroatoms. The fourth-order valence-electron chi connectivity index (χ4n) is 4.30. The lowest BCUT2D eigenvalue weighted by atomic mass is 10.1. The van der Waals surface area contributed by atoms with Gasteiger partial charge in [-0.1, -0.05) is 25.1 Å². The quantitative estimate of drug-likeness (QED) is 0.270. The van der Waals surface area contributed by atoms with E-state index in [1.54, 1.807) is 18.2 Å². The number of amides is 2. The van der Waals surface area contributed by atoms with Crippen molar-refractivity contribution in [3.63, 3.8) is 0 Å². The third kappa shape index (κ3) is 8.16. The number of ether oxygens (including phenoxy) is 3. The Hall–Kier alpha value is -4.32. The fraction of sp³-hybridized carbons (Fsp3) is 0.355. The SMILES string of the molecule is CCCNC(=O)C(C)N(Cc1ccccc1F)C(=O)CN(c1ccc(OCC)cc1)S(=O)(=O)c1ccc(OC)c(OC)c1. The van der Waals surface area contributed by atoms with Gasteiger partial charge in [-0.15, -0.1) is 0 Å². The molecule has 232 valence electrons. The van der Waals surface area contributed by atoms with Crippen molar-refractivity contribution in [3.05, 3.63) is 78.1 Å². The Kier molecular flexibility index (Phi) is 11.8. The molecule has 3 aromatic rings. The predicted molar refractivity (Wildman–Crippen MR) is 161 cm³/mol. The van der Waals surface area contributed by atoms with Crippen molar-refractivity contribution < 1.29 is 36.6 Å². The first-order valence-corrected chi connectivity index (χ1v) is 15.3. The predicted octanol–water partition coefficient (Wildman–Crippen LogP) is 4.38. The molecule has 0 aliphatic carbocycles. The van der Waals surface area contributed by atoms with Crippen molar-refractivity contribution in [1.82, 2.24) is 10.2 Å². The van der Waals surface area contributed by atoms with Crippen molar-refractivity contribution in [2.75, 3.05) is 38.2 Å². The fourth-order valence-corrected chi connectivity index (χ4v) is 5.73. The van der Waals surface area contributed by atoms with E-state index in [1.165, 1.54) is 74.6 Å². The molecule has 1 N–H and O–H groups in total. The van der Waals surface area contributed by atoms with E-state index in [4.69, 9.17) is 14.2 Å². The Labute approximate surface area is 252 Å². The standard InChI is InChI=1S/C31H38FN3O7S/c1-6-18-33-31(37)22(3)34(20-23-10-8-9-11-27(23)32)30(36)21-35(24-12-14-25(15-13-24)42-7-2)43(38,39)26-16-17-28(40-4)29(19-26)41-5/h8-17,19,22H,6-7,18,20-21H2,1-5H3,(H,33,37). The number of carbonyl (C=O) groups is 2. The third-order valence-electron chi connectivity index (χ3n) is 6.67. The molecule has 0 aliphatic heterocycles. The second-order valence-corrected chi connectivity index (χ2v) is 11.4. The first kappa shape index (κ1) is 33.2. The number of nitrogens with one attached hydrogen (secondary N) is 1. The largest absolute Gasteiger partial charge is 0.494 e. The van der Waals surface area contributed by atoms with Crippen LogP contribution in [0.5, 0.6) is 17.2 Å². The third-order valence-corrected chi connectivity index (χ3v) is 8.44. The lowest BCUT2D eigenvalue weighted by Gasteiger charge is -2.32. The molecule has 0 aromatic heterocycles. The van der Waals surface area contributed by atoms with Crippen LogP contribution in [-0.4, -0.2) is 65.1 Å². The minimum Gasteiger partial charge on any atom is -0.494 e. The van der Waals surface area contributed by atoms with Gasteiger partial charge in [-0.05, 0) is 62.7 Å². The number of benzene rings is 3. The van der Waals surface area contributed by atoms with Crippen LogP contribution in [-0.2, 0) is 26.2 Å². The average Bonchev–Trinajstić information content (AvgIpc) is 3.01. The second kappa shape index (κ2) is 15.2. The van der Waals surface area contributed by atoms with E-state index >= 15 is 0 Å². The maximum absolute atomic E-state index is 14.7. The van der Waals surface area contributed by atoms with E-state index in [1.807, 2.05) is 13.8 Å². The Morgan fingerprint density at radius 2 is 1.63 bits per heavy atom. The van der Waals surface area contributed by atoms with Gasteiger partial charge in [0, 0.05) is 24.7 Å². The summed E-state index contributed by atoms with van der Waals surface area (Å²) in [4.78, 5) is 28.0. The molecule has 0 spiro atoms. The first-order valence-electron chi connectivity index (χ1n) is 13.9. The van der Waals surface area contributed by atoms with Crippen LogP contribution in [0.25, 0.3) is 0 Å². The van der Waals surface area contributed by atoms with E-state index < -0.39 is 40.2 Å². The van der Waals surface area contributed by atoms with Gasteiger partial charge in [-0.25, -0.2) is 12.8 Å². The number of anilines is 1. The molecule has 3 aromatic carbocycles. The molecule has 1 atom stereocenters. The van der Waals surface area contributed by atoms with Gasteiger partial charge in [0.15, 0.2) is 11.5 Å². The van der Waals surface area contributed by atoms with Crippen LogP contribution < -0.4 is 23.8 Å².